The fourth-order valence-electron chi connectivity index (χ4n) is 1.83. The van der Waals surface area contributed by atoms with Crippen LogP contribution in [0, 0.1) is 0 Å². The predicted octanol–water partition coefficient (Wildman–Crippen LogP) is 3.14. The summed E-state index contributed by atoms with van der Waals surface area (Å²) in [4.78, 5) is 4.35. The van der Waals surface area contributed by atoms with Crippen molar-refractivity contribution in [1.29, 1.82) is 0 Å². The number of nitrogens with one attached hydrogen (secondary N) is 1. The zero-order chi connectivity index (χ0) is 14.6. The van der Waals surface area contributed by atoms with E-state index in [0.29, 0.717) is 5.01 Å². The molecule has 0 fully saturated rings. The van der Waals surface area contributed by atoms with Gasteiger partial charge in [-0.1, -0.05) is 30.3 Å². The predicted molar refractivity (Wildman–Crippen MR) is 73.0 cm³/mol. The lowest BCUT2D eigenvalue weighted by Gasteiger charge is -2.16. The summed E-state index contributed by atoms with van der Waals surface area (Å²) in [5.74, 6) is 5.17. The molecule has 0 aliphatic heterocycles. The molecule has 0 saturated heterocycles. The zero-order valence-corrected chi connectivity index (χ0v) is 11.3. The average Bonchev–Trinajstić information content (AvgIpc) is 2.86. The topological polar surface area (TPSA) is 50.9 Å². The Morgan fingerprint density at radius 2 is 1.95 bits per heavy atom. The number of alkyl halides is 3. The van der Waals surface area contributed by atoms with Crippen LogP contribution in [-0.2, 0) is 6.42 Å². The van der Waals surface area contributed by atoms with Crippen molar-refractivity contribution in [1.82, 2.24) is 10.4 Å². The maximum absolute atomic E-state index is 12.4. The Bertz CT molecular complexity index is 539. The highest BCUT2D eigenvalue weighted by Crippen LogP contribution is 2.26. The normalized spacial score (nSPS) is 13.4. The quantitative estimate of drug-likeness (QED) is 0.659. The van der Waals surface area contributed by atoms with Crippen LogP contribution in [0.15, 0.2) is 35.7 Å². The van der Waals surface area contributed by atoms with Crippen molar-refractivity contribution in [3.63, 3.8) is 0 Å². The Balaban J connectivity index is 2.05. The summed E-state index contributed by atoms with van der Waals surface area (Å²) in [6.45, 7) is 0. The molecular weight excluding hydrogens is 287 g/mol. The second kappa shape index (κ2) is 6.34. The van der Waals surface area contributed by atoms with Gasteiger partial charge in [0.05, 0.1) is 17.1 Å². The number of hydrogen-bond acceptors (Lipinski definition) is 4. The van der Waals surface area contributed by atoms with Crippen molar-refractivity contribution < 1.29 is 13.2 Å². The van der Waals surface area contributed by atoms with Crippen molar-refractivity contribution in [2.75, 3.05) is 0 Å². The molecule has 0 spiro atoms. The van der Waals surface area contributed by atoms with Crippen LogP contribution in [0.3, 0.4) is 0 Å². The fourth-order valence-corrected chi connectivity index (χ4v) is 2.71. The van der Waals surface area contributed by atoms with Crippen LogP contribution >= 0.6 is 11.3 Å². The standard InChI is InChI=1S/C13H14F3N3S/c14-13(15,16)7-10(19-17)6-12-18-11(8-20-12)9-4-2-1-3-5-9/h1-5,8,10,19H,6-7,17H2. The highest BCUT2D eigenvalue weighted by molar-refractivity contribution is 7.09. The first kappa shape index (κ1) is 15.0. The maximum atomic E-state index is 12.4. The third-order valence-corrected chi connectivity index (χ3v) is 3.63. The molecule has 0 radical (unpaired) electrons. The van der Waals surface area contributed by atoms with Crippen LogP contribution in [0.4, 0.5) is 13.2 Å². The SMILES string of the molecule is NNC(Cc1nc(-c2ccccc2)cs1)CC(F)(F)F. The van der Waals surface area contributed by atoms with Crippen molar-refractivity contribution in [3.05, 3.63) is 40.7 Å². The van der Waals surface area contributed by atoms with Crippen molar-refractivity contribution in [2.45, 2.75) is 25.1 Å². The molecule has 1 atom stereocenters. The Hall–Kier alpha value is -1.44. The van der Waals surface area contributed by atoms with Gasteiger partial charge in [0.1, 0.15) is 0 Å². The van der Waals surface area contributed by atoms with Gasteiger partial charge in [-0.25, -0.2) is 4.98 Å². The van der Waals surface area contributed by atoms with Crippen molar-refractivity contribution >= 4 is 11.3 Å². The van der Waals surface area contributed by atoms with E-state index in [1.165, 1.54) is 11.3 Å². The number of nitrogens with two attached hydrogens (primary N) is 1. The van der Waals surface area contributed by atoms with E-state index in [-0.39, 0.29) is 6.42 Å². The van der Waals surface area contributed by atoms with E-state index < -0.39 is 18.6 Å². The van der Waals surface area contributed by atoms with E-state index in [1.807, 2.05) is 35.7 Å². The lowest BCUT2D eigenvalue weighted by molar-refractivity contribution is -0.140. The third-order valence-electron chi connectivity index (χ3n) is 2.76. The molecule has 0 aliphatic carbocycles. The highest BCUT2D eigenvalue weighted by Gasteiger charge is 2.31. The summed E-state index contributed by atoms with van der Waals surface area (Å²) in [5, 5.41) is 2.47. The number of thiazole rings is 1. The minimum Gasteiger partial charge on any atom is -0.271 e. The van der Waals surface area contributed by atoms with Crippen LogP contribution < -0.4 is 11.3 Å². The number of nitrogens with zero attached hydrogens (tertiary/aromatic N) is 1. The van der Waals surface area contributed by atoms with E-state index in [0.717, 1.165) is 11.3 Å². The summed E-state index contributed by atoms with van der Waals surface area (Å²) in [7, 11) is 0. The molecule has 2 aromatic rings. The van der Waals surface area contributed by atoms with Gasteiger partial charge in [-0.05, 0) is 0 Å². The van der Waals surface area contributed by atoms with Gasteiger partial charge in [0, 0.05) is 23.4 Å². The minimum atomic E-state index is -4.24. The van der Waals surface area contributed by atoms with E-state index in [2.05, 4.69) is 10.4 Å². The molecule has 0 bridgehead atoms. The van der Waals surface area contributed by atoms with Crippen LogP contribution in [0.1, 0.15) is 11.4 Å². The molecular formula is C13H14F3N3S. The van der Waals surface area contributed by atoms with Gasteiger partial charge in [0.2, 0.25) is 0 Å². The van der Waals surface area contributed by atoms with Gasteiger partial charge in [-0.15, -0.1) is 11.3 Å². The second-order valence-corrected chi connectivity index (χ2v) is 5.32. The summed E-state index contributed by atoms with van der Waals surface area (Å²) in [5.41, 5.74) is 3.92. The average molecular weight is 301 g/mol. The van der Waals surface area contributed by atoms with E-state index in [1.54, 1.807) is 0 Å². The Morgan fingerprint density at radius 1 is 1.25 bits per heavy atom. The van der Waals surface area contributed by atoms with Crippen molar-refractivity contribution in [3.8, 4) is 11.3 Å². The molecule has 0 aliphatic rings. The second-order valence-electron chi connectivity index (χ2n) is 4.38. The van der Waals surface area contributed by atoms with Gasteiger partial charge < -0.3 is 0 Å². The maximum Gasteiger partial charge on any atom is 0.390 e. The molecule has 1 heterocycles. The summed E-state index contributed by atoms with van der Waals surface area (Å²) in [6, 6.07) is 8.64. The summed E-state index contributed by atoms with van der Waals surface area (Å²) in [6.07, 6.45) is -5.05. The largest absolute Gasteiger partial charge is 0.390 e. The zero-order valence-electron chi connectivity index (χ0n) is 10.5. The molecule has 7 heteroatoms. The molecule has 20 heavy (non-hydrogen) atoms. The van der Waals surface area contributed by atoms with Crippen LogP contribution in [0.25, 0.3) is 11.3 Å². The summed E-state index contributed by atoms with van der Waals surface area (Å²) < 4.78 is 37.1. The molecule has 108 valence electrons. The lowest BCUT2D eigenvalue weighted by Crippen LogP contribution is -2.40. The molecule has 1 aromatic heterocycles. The third kappa shape index (κ3) is 4.29. The Kier molecular flexibility index (Phi) is 4.74. The smallest absolute Gasteiger partial charge is 0.271 e. The van der Waals surface area contributed by atoms with E-state index in [4.69, 9.17) is 5.84 Å². The van der Waals surface area contributed by atoms with Crippen LogP contribution in [0.2, 0.25) is 0 Å². The van der Waals surface area contributed by atoms with Gasteiger partial charge in [-0.2, -0.15) is 13.2 Å². The Labute approximate surface area is 118 Å². The fraction of sp³-hybridized carbons (Fsp3) is 0.308. The first-order valence-electron chi connectivity index (χ1n) is 6.00. The molecule has 1 aromatic carbocycles. The minimum absolute atomic E-state index is 0.160. The van der Waals surface area contributed by atoms with Crippen molar-refractivity contribution in [2.24, 2.45) is 5.84 Å². The van der Waals surface area contributed by atoms with Gasteiger partial charge >= 0.3 is 6.18 Å². The molecule has 2 rings (SSSR count). The Morgan fingerprint density at radius 3 is 2.55 bits per heavy atom. The first-order valence-corrected chi connectivity index (χ1v) is 6.88. The van der Waals surface area contributed by atoms with Gasteiger partial charge in [0.15, 0.2) is 0 Å². The molecule has 1 unspecified atom stereocenters. The number of hydrazine groups is 1. The molecule has 0 amide bonds. The van der Waals surface area contributed by atoms with E-state index in [9.17, 15) is 13.2 Å². The number of benzene rings is 1. The lowest BCUT2D eigenvalue weighted by atomic mass is 10.1. The summed E-state index contributed by atoms with van der Waals surface area (Å²) >= 11 is 1.34. The monoisotopic (exact) mass is 301 g/mol. The molecule has 3 nitrogen and oxygen atoms in total. The van der Waals surface area contributed by atoms with Crippen LogP contribution in [0.5, 0.6) is 0 Å². The number of aromatic nitrogens is 1. The van der Waals surface area contributed by atoms with Gasteiger partial charge in [-0.3, -0.25) is 11.3 Å². The number of rotatable bonds is 5. The van der Waals surface area contributed by atoms with E-state index >= 15 is 0 Å². The van der Waals surface area contributed by atoms with Gasteiger partial charge in [0.25, 0.3) is 0 Å². The molecule has 0 saturated carbocycles. The van der Waals surface area contributed by atoms with Crippen LogP contribution in [-0.4, -0.2) is 17.2 Å². The number of hydrogen-bond donors (Lipinski definition) is 2. The highest BCUT2D eigenvalue weighted by atomic mass is 32.1. The first-order chi connectivity index (χ1) is 9.48. The molecule has 3 N–H and O–H groups in total. The number of halogens is 3.